The molecule has 2 N–H and O–H groups in total. The molecule has 0 spiro atoms. The molecule has 0 unspecified atom stereocenters. The number of amides is 2. The molecule has 3 aromatic rings. The van der Waals surface area contributed by atoms with E-state index in [1.165, 1.54) is 11.0 Å². The smallest absolute Gasteiger partial charge is 0.408 e. The van der Waals surface area contributed by atoms with Crippen molar-refractivity contribution in [2.45, 2.75) is 76.6 Å². The highest BCUT2D eigenvalue weighted by atomic mass is 35.5. The van der Waals surface area contributed by atoms with E-state index in [2.05, 4.69) is 16.3 Å². The number of nitrogens with zero attached hydrogens (tertiary/aromatic N) is 6. The summed E-state index contributed by atoms with van der Waals surface area (Å²) < 4.78 is 26.4. The van der Waals surface area contributed by atoms with Gasteiger partial charge < -0.3 is 34.6 Å². The Kier molecular flexibility index (Phi) is 9.13. The summed E-state index contributed by atoms with van der Waals surface area (Å²) in [5.41, 5.74) is 1.13. The van der Waals surface area contributed by atoms with Gasteiger partial charge >= 0.3 is 18.2 Å². The molecule has 0 bridgehead atoms. The molecule has 2 fully saturated rings. The van der Waals surface area contributed by atoms with Crippen LogP contribution in [0, 0.1) is 17.1 Å². The van der Waals surface area contributed by atoms with Crippen molar-refractivity contribution in [2.24, 2.45) is 0 Å². The van der Waals surface area contributed by atoms with Crippen LogP contribution in [0.2, 0.25) is 5.02 Å². The predicted molar refractivity (Wildman–Crippen MR) is 178 cm³/mol. The van der Waals surface area contributed by atoms with Crippen LogP contribution in [0.4, 0.5) is 25.5 Å². The van der Waals surface area contributed by atoms with E-state index in [0.29, 0.717) is 55.8 Å². The summed E-state index contributed by atoms with van der Waals surface area (Å²) in [7, 11) is 0. The van der Waals surface area contributed by atoms with Crippen LogP contribution in [0.1, 0.15) is 57.7 Å². The number of rotatable bonds is 7. The van der Waals surface area contributed by atoms with Crippen LogP contribution in [-0.2, 0) is 17.7 Å². The van der Waals surface area contributed by atoms with Gasteiger partial charge in [-0.15, -0.1) is 0 Å². The van der Waals surface area contributed by atoms with Gasteiger partial charge in [-0.25, -0.2) is 14.0 Å². The Balaban J connectivity index is 1.33. The summed E-state index contributed by atoms with van der Waals surface area (Å²) in [6.45, 7) is 7.38. The SMILES string of the molecule is CC(C)(C)OC(=O)NC1(COc2nc3c(c(N4CCN(C(=O)O)[C@@H](CC#N)C4)n2)CCN(c2cccc4ccc(F)c(Cl)c24)C3)CCC1. The molecule has 1 saturated carbocycles. The number of ether oxygens (including phenoxy) is 2. The van der Waals surface area contributed by atoms with E-state index in [1.807, 2.05) is 43.9 Å². The minimum Gasteiger partial charge on any atom is -0.465 e. The number of nitriles is 1. The van der Waals surface area contributed by atoms with Gasteiger partial charge in [-0.1, -0.05) is 29.8 Å². The lowest BCUT2D eigenvalue weighted by Crippen LogP contribution is -2.58. The van der Waals surface area contributed by atoms with Crippen molar-refractivity contribution in [3.05, 3.63) is 52.4 Å². The number of alkyl carbamates (subject to hydrolysis) is 1. The Labute approximate surface area is 283 Å². The van der Waals surface area contributed by atoms with Crippen molar-refractivity contribution in [1.82, 2.24) is 20.2 Å². The molecule has 1 atom stereocenters. The number of benzene rings is 2. The third kappa shape index (κ3) is 6.85. The van der Waals surface area contributed by atoms with E-state index < -0.39 is 35.2 Å². The van der Waals surface area contributed by atoms with Gasteiger partial charge in [-0.3, -0.25) is 0 Å². The Morgan fingerprint density at radius 2 is 1.96 bits per heavy atom. The van der Waals surface area contributed by atoms with Crippen LogP contribution in [-0.4, -0.2) is 82.1 Å². The lowest BCUT2D eigenvalue weighted by molar-refractivity contribution is 0.0284. The number of anilines is 2. The van der Waals surface area contributed by atoms with Gasteiger partial charge in [0, 0.05) is 42.8 Å². The molecule has 1 aliphatic carbocycles. The lowest BCUT2D eigenvalue weighted by atomic mass is 9.77. The molecule has 3 heterocycles. The molecule has 12 nitrogen and oxygen atoms in total. The van der Waals surface area contributed by atoms with Crippen molar-refractivity contribution < 1.29 is 28.6 Å². The standard InChI is InChI=1S/C34H39ClFN7O5/c1-33(2,3)48-31(44)40-34(12-5-13-34)20-47-30-38-25-19-41(26-7-4-6-21-8-9-24(36)28(35)27(21)26)15-11-23(25)29(39-30)42-16-17-43(32(45)46)22(18-42)10-14-37/h4,6-9,22H,5,10-13,15-20H2,1-3H3,(H,40,44)(H,45,46)/t22-/m0/s1. The van der Waals surface area contributed by atoms with E-state index >= 15 is 0 Å². The van der Waals surface area contributed by atoms with Crippen molar-refractivity contribution in [2.75, 3.05) is 42.6 Å². The number of carbonyl (C=O) groups is 2. The summed E-state index contributed by atoms with van der Waals surface area (Å²) in [5, 5.41) is 23.7. The fraction of sp³-hybridized carbons (Fsp3) is 0.500. The molecule has 48 heavy (non-hydrogen) atoms. The van der Waals surface area contributed by atoms with Crippen LogP contribution in [0.5, 0.6) is 6.01 Å². The molecule has 2 aliphatic heterocycles. The van der Waals surface area contributed by atoms with Crippen LogP contribution >= 0.6 is 11.6 Å². The summed E-state index contributed by atoms with van der Waals surface area (Å²) >= 11 is 6.49. The number of piperazine rings is 1. The molecule has 6 rings (SSSR count). The number of carbonyl (C=O) groups excluding carboxylic acids is 1. The number of hydrogen-bond acceptors (Lipinski definition) is 9. The summed E-state index contributed by atoms with van der Waals surface area (Å²) in [5.74, 6) is 0.138. The van der Waals surface area contributed by atoms with Crippen LogP contribution in [0.3, 0.4) is 0 Å². The Morgan fingerprint density at radius 3 is 2.65 bits per heavy atom. The predicted octanol–water partition coefficient (Wildman–Crippen LogP) is 5.89. The average Bonchev–Trinajstić information content (AvgIpc) is 3.02. The first kappa shape index (κ1) is 33.3. The molecular formula is C34H39ClFN7O5. The fourth-order valence-corrected chi connectivity index (χ4v) is 6.96. The van der Waals surface area contributed by atoms with Crippen molar-refractivity contribution in [3.63, 3.8) is 0 Å². The van der Waals surface area contributed by atoms with Gasteiger partial charge in [0.25, 0.3) is 0 Å². The number of fused-ring (bicyclic) bond motifs is 2. The average molecular weight is 680 g/mol. The molecule has 0 radical (unpaired) electrons. The Hall–Kier alpha value is -4.57. The third-order valence-corrected chi connectivity index (χ3v) is 9.56. The maximum Gasteiger partial charge on any atom is 0.408 e. The maximum atomic E-state index is 14.6. The molecule has 1 saturated heterocycles. The molecule has 2 amide bonds. The monoisotopic (exact) mass is 679 g/mol. The molecule has 1 aromatic heterocycles. The zero-order valence-corrected chi connectivity index (χ0v) is 28.0. The van der Waals surface area contributed by atoms with Crippen LogP contribution in [0.25, 0.3) is 10.8 Å². The van der Waals surface area contributed by atoms with E-state index in [-0.39, 0.29) is 37.2 Å². The third-order valence-electron chi connectivity index (χ3n) is 9.19. The molecule has 3 aliphatic rings. The topological polar surface area (TPSA) is 144 Å². The highest BCUT2D eigenvalue weighted by Gasteiger charge is 2.41. The van der Waals surface area contributed by atoms with Gasteiger partial charge in [0.05, 0.1) is 41.3 Å². The number of nitrogens with one attached hydrogen (secondary N) is 1. The second-order valence-corrected chi connectivity index (χ2v) is 14.0. The van der Waals surface area contributed by atoms with E-state index in [1.54, 1.807) is 6.07 Å². The van der Waals surface area contributed by atoms with Crippen molar-refractivity contribution in [1.29, 1.82) is 5.26 Å². The number of halogens is 2. The van der Waals surface area contributed by atoms with Crippen LogP contribution < -0.4 is 19.9 Å². The van der Waals surface area contributed by atoms with Crippen LogP contribution in [0.15, 0.2) is 30.3 Å². The highest BCUT2D eigenvalue weighted by molar-refractivity contribution is 6.36. The van der Waals surface area contributed by atoms with Crippen molar-refractivity contribution in [3.8, 4) is 12.1 Å². The Morgan fingerprint density at radius 1 is 1.17 bits per heavy atom. The number of hydrogen-bond donors (Lipinski definition) is 2. The second kappa shape index (κ2) is 13.1. The zero-order valence-electron chi connectivity index (χ0n) is 27.3. The van der Waals surface area contributed by atoms with Gasteiger partial charge in [0.15, 0.2) is 0 Å². The minimum atomic E-state index is -1.06. The molecule has 254 valence electrons. The van der Waals surface area contributed by atoms with Gasteiger partial charge in [0.2, 0.25) is 0 Å². The highest BCUT2D eigenvalue weighted by Crippen LogP contribution is 2.39. The first-order chi connectivity index (χ1) is 22.9. The molecule has 2 aromatic carbocycles. The van der Waals surface area contributed by atoms with E-state index in [4.69, 9.17) is 31.0 Å². The maximum absolute atomic E-state index is 14.6. The van der Waals surface area contributed by atoms with E-state index in [9.17, 15) is 24.3 Å². The van der Waals surface area contributed by atoms with Gasteiger partial charge in [0.1, 0.15) is 23.8 Å². The first-order valence-corrected chi connectivity index (χ1v) is 16.5. The first-order valence-electron chi connectivity index (χ1n) is 16.1. The summed E-state index contributed by atoms with van der Waals surface area (Å²) in [6, 6.07) is 10.5. The quantitative estimate of drug-likeness (QED) is 0.310. The normalized spacial score (nSPS) is 18.8. The van der Waals surface area contributed by atoms with Gasteiger partial charge in [-0.2, -0.15) is 15.2 Å². The number of carboxylic acid groups (broad SMARTS) is 1. The minimum absolute atomic E-state index is 0.0461. The molecular weight excluding hydrogens is 641 g/mol. The van der Waals surface area contributed by atoms with E-state index in [0.717, 1.165) is 23.1 Å². The second-order valence-electron chi connectivity index (χ2n) is 13.7. The van der Waals surface area contributed by atoms with Gasteiger partial charge in [-0.05, 0) is 64.0 Å². The molecule has 14 heteroatoms. The lowest BCUT2D eigenvalue weighted by Gasteiger charge is -2.42. The summed E-state index contributed by atoms with van der Waals surface area (Å²) in [6.07, 6.45) is 1.37. The Bertz CT molecular complexity index is 1770. The largest absolute Gasteiger partial charge is 0.465 e. The zero-order chi connectivity index (χ0) is 34.2. The number of aromatic nitrogens is 2. The van der Waals surface area contributed by atoms with Crippen molar-refractivity contribution >= 4 is 46.1 Å². The summed E-state index contributed by atoms with van der Waals surface area (Å²) in [4.78, 5) is 39.7. The fourth-order valence-electron chi connectivity index (χ4n) is 6.69.